The van der Waals surface area contributed by atoms with Crippen LogP contribution in [0.2, 0.25) is 0 Å². The van der Waals surface area contributed by atoms with Crippen LogP contribution in [-0.4, -0.2) is 33.4 Å². The van der Waals surface area contributed by atoms with E-state index in [-0.39, 0.29) is 11.9 Å². The molecular weight excluding hydrogens is 330 g/mol. The van der Waals surface area contributed by atoms with Gasteiger partial charge in [-0.25, -0.2) is 4.98 Å². The molecule has 4 nitrogen and oxygen atoms in total. The van der Waals surface area contributed by atoms with Crippen LogP contribution >= 0.6 is 11.3 Å². The number of hydrogen-bond acceptors (Lipinski definition) is 4. The summed E-state index contributed by atoms with van der Waals surface area (Å²) in [4.78, 5) is 23.8. The highest BCUT2D eigenvalue weighted by atomic mass is 32.1. The van der Waals surface area contributed by atoms with Crippen molar-refractivity contribution in [3.63, 3.8) is 0 Å². The molecule has 0 spiro atoms. The maximum absolute atomic E-state index is 12.9. The van der Waals surface area contributed by atoms with Crippen molar-refractivity contribution in [2.24, 2.45) is 0 Å². The van der Waals surface area contributed by atoms with Gasteiger partial charge in [0.1, 0.15) is 10.7 Å². The Labute approximate surface area is 151 Å². The zero-order valence-corrected chi connectivity index (χ0v) is 14.7. The summed E-state index contributed by atoms with van der Waals surface area (Å²) in [5.41, 5.74) is 2.62. The molecule has 1 atom stereocenters. The summed E-state index contributed by atoms with van der Waals surface area (Å²) in [6.45, 7) is 0.812. The van der Waals surface area contributed by atoms with E-state index in [0.29, 0.717) is 5.69 Å². The molecule has 25 heavy (non-hydrogen) atoms. The molecule has 0 N–H and O–H groups in total. The Bertz CT molecular complexity index is 848. The van der Waals surface area contributed by atoms with E-state index in [0.717, 1.165) is 36.5 Å². The third-order valence-electron chi connectivity index (χ3n) is 4.56. The maximum atomic E-state index is 12.9. The molecule has 2 aromatic heterocycles. The highest BCUT2D eigenvalue weighted by Gasteiger charge is 2.30. The lowest BCUT2D eigenvalue weighted by Crippen LogP contribution is -2.37. The minimum Gasteiger partial charge on any atom is -0.334 e. The number of nitrogens with zero attached hydrogens (tertiary/aromatic N) is 3. The molecule has 4 rings (SSSR count). The van der Waals surface area contributed by atoms with E-state index in [1.54, 1.807) is 6.20 Å². The summed E-state index contributed by atoms with van der Waals surface area (Å²) in [6.07, 6.45) is 4.76. The average Bonchev–Trinajstić information content (AvgIpc) is 3.32. The van der Waals surface area contributed by atoms with Crippen LogP contribution in [0.15, 0.2) is 60.1 Å². The molecule has 1 aliphatic heterocycles. The molecular formula is C20H19N3OS. The molecule has 0 radical (unpaired) electrons. The lowest BCUT2D eigenvalue weighted by Gasteiger charge is -2.24. The molecule has 126 valence electrons. The molecule has 0 aliphatic carbocycles. The largest absolute Gasteiger partial charge is 0.334 e. The van der Waals surface area contributed by atoms with Gasteiger partial charge in [-0.15, -0.1) is 11.3 Å². The van der Waals surface area contributed by atoms with Gasteiger partial charge in [0.05, 0.1) is 5.69 Å². The van der Waals surface area contributed by atoms with Crippen LogP contribution in [0, 0.1) is 0 Å². The van der Waals surface area contributed by atoms with Crippen molar-refractivity contribution < 1.29 is 4.79 Å². The van der Waals surface area contributed by atoms with Crippen LogP contribution in [0.3, 0.4) is 0 Å². The van der Waals surface area contributed by atoms with Gasteiger partial charge in [0.25, 0.3) is 5.91 Å². The summed E-state index contributed by atoms with van der Waals surface area (Å²) in [7, 11) is 0. The number of thiazole rings is 1. The highest BCUT2D eigenvalue weighted by molar-refractivity contribution is 7.13. The Morgan fingerprint density at radius 2 is 2.00 bits per heavy atom. The lowest BCUT2D eigenvalue weighted by molar-refractivity contribution is 0.0731. The summed E-state index contributed by atoms with van der Waals surface area (Å²) < 4.78 is 0. The lowest BCUT2D eigenvalue weighted by atomic mass is 10.0. The first-order valence-corrected chi connectivity index (χ1v) is 9.41. The van der Waals surface area contributed by atoms with Gasteiger partial charge < -0.3 is 4.90 Å². The van der Waals surface area contributed by atoms with Crippen molar-refractivity contribution in [1.82, 2.24) is 14.9 Å². The molecule has 3 aromatic rings. The Morgan fingerprint density at radius 1 is 1.16 bits per heavy atom. The van der Waals surface area contributed by atoms with Gasteiger partial charge in [-0.3, -0.25) is 9.78 Å². The van der Waals surface area contributed by atoms with Crippen LogP contribution < -0.4 is 0 Å². The van der Waals surface area contributed by atoms with E-state index in [4.69, 9.17) is 0 Å². The Balaban J connectivity index is 1.51. The topological polar surface area (TPSA) is 46.1 Å². The normalized spacial score (nSPS) is 17.0. The first kappa shape index (κ1) is 16.0. The monoisotopic (exact) mass is 349 g/mol. The van der Waals surface area contributed by atoms with Crippen LogP contribution in [-0.2, 0) is 6.42 Å². The van der Waals surface area contributed by atoms with Gasteiger partial charge in [0.2, 0.25) is 0 Å². The number of carbonyl (C=O) groups excluding carboxylic acids is 1. The molecule has 1 unspecified atom stereocenters. The molecule has 1 saturated heterocycles. The molecule has 3 heterocycles. The zero-order valence-electron chi connectivity index (χ0n) is 13.8. The van der Waals surface area contributed by atoms with Gasteiger partial charge in [0.15, 0.2) is 0 Å². The molecule has 5 heteroatoms. The molecule has 1 aromatic carbocycles. The minimum atomic E-state index is 0.0388. The van der Waals surface area contributed by atoms with E-state index < -0.39 is 0 Å². The second-order valence-electron chi connectivity index (χ2n) is 6.24. The number of pyridine rings is 1. The first-order valence-electron chi connectivity index (χ1n) is 8.53. The quantitative estimate of drug-likeness (QED) is 0.714. The van der Waals surface area contributed by atoms with Crippen LogP contribution in [0.5, 0.6) is 0 Å². The van der Waals surface area contributed by atoms with Gasteiger partial charge in [0, 0.05) is 24.2 Å². The predicted molar refractivity (Wildman–Crippen MR) is 99.5 cm³/mol. The smallest absolute Gasteiger partial charge is 0.273 e. The van der Waals surface area contributed by atoms with E-state index in [1.807, 2.05) is 34.5 Å². The highest BCUT2D eigenvalue weighted by Crippen LogP contribution is 2.26. The first-order chi connectivity index (χ1) is 12.3. The van der Waals surface area contributed by atoms with Crippen molar-refractivity contribution in [3.05, 3.63) is 71.4 Å². The summed E-state index contributed by atoms with van der Waals surface area (Å²) in [6, 6.07) is 16.4. The second kappa shape index (κ2) is 7.15. The Morgan fingerprint density at radius 3 is 2.80 bits per heavy atom. The fraction of sp³-hybridized carbons (Fsp3) is 0.250. The third-order valence-corrected chi connectivity index (χ3v) is 5.42. The van der Waals surface area contributed by atoms with Crippen molar-refractivity contribution in [2.75, 3.05) is 6.54 Å². The zero-order chi connectivity index (χ0) is 17.1. The summed E-state index contributed by atoms with van der Waals surface area (Å²) in [5.74, 6) is 0.0388. The number of rotatable bonds is 4. The van der Waals surface area contributed by atoms with Crippen LogP contribution in [0.1, 0.15) is 28.9 Å². The minimum absolute atomic E-state index is 0.0388. The van der Waals surface area contributed by atoms with Crippen molar-refractivity contribution >= 4 is 17.2 Å². The molecule has 1 fully saturated rings. The molecule has 0 bridgehead atoms. The molecule has 0 saturated carbocycles. The van der Waals surface area contributed by atoms with E-state index in [1.165, 1.54) is 16.9 Å². The summed E-state index contributed by atoms with van der Waals surface area (Å²) >= 11 is 1.47. The fourth-order valence-electron chi connectivity index (χ4n) is 3.33. The van der Waals surface area contributed by atoms with Crippen molar-refractivity contribution in [3.8, 4) is 10.7 Å². The van der Waals surface area contributed by atoms with E-state index >= 15 is 0 Å². The van der Waals surface area contributed by atoms with Gasteiger partial charge in [-0.1, -0.05) is 36.4 Å². The van der Waals surface area contributed by atoms with Crippen LogP contribution in [0.25, 0.3) is 10.7 Å². The van der Waals surface area contributed by atoms with Gasteiger partial charge in [-0.2, -0.15) is 0 Å². The van der Waals surface area contributed by atoms with E-state index in [2.05, 4.69) is 34.2 Å². The number of likely N-dealkylation sites (tertiary alicyclic amines) is 1. The standard InChI is InChI=1S/C20H19N3OS/c24-20(18-14-25-19(22-18)17-10-4-5-11-21-17)23-12-6-9-16(23)13-15-7-2-1-3-8-15/h1-5,7-8,10-11,14,16H,6,9,12-13H2. The fourth-order valence-corrected chi connectivity index (χ4v) is 4.10. The Kier molecular flexibility index (Phi) is 4.57. The maximum Gasteiger partial charge on any atom is 0.273 e. The number of amides is 1. The van der Waals surface area contributed by atoms with Gasteiger partial charge >= 0.3 is 0 Å². The molecule has 1 aliphatic rings. The van der Waals surface area contributed by atoms with E-state index in [9.17, 15) is 4.79 Å². The number of hydrogen-bond donors (Lipinski definition) is 0. The predicted octanol–water partition coefficient (Wildman–Crippen LogP) is 4.05. The van der Waals surface area contributed by atoms with Crippen molar-refractivity contribution in [1.29, 1.82) is 0 Å². The molecule has 1 amide bonds. The summed E-state index contributed by atoms with van der Waals surface area (Å²) in [5, 5.41) is 2.65. The van der Waals surface area contributed by atoms with Gasteiger partial charge in [-0.05, 0) is 37.0 Å². The average molecular weight is 349 g/mol. The number of benzene rings is 1. The Hall–Kier alpha value is -2.53. The third kappa shape index (κ3) is 3.46. The second-order valence-corrected chi connectivity index (χ2v) is 7.10. The number of aromatic nitrogens is 2. The SMILES string of the molecule is O=C(c1csc(-c2ccccn2)n1)N1CCCC1Cc1ccccc1. The number of carbonyl (C=O) groups is 1. The van der Waals surface area contributed by atoms with Crippen molar-refractivity contribution in [2.45, 2.75) is 25.3 Å². The van der Waals surface area contributed by atoms with Crippen LogP contribution in [0.4, 0.5) is 0 Å².